The monoisotopic (exact) mass is 357 g/mol. The molecule has 16 heavy (non-hydrogen) atoms. The van der Waals surface area contributed by atoms with Gasteiger partial charge in [-0.2, -0.15) is 0 Å². The summed E-state index contributed by atoms with van der Waals surface area (Å²) in [5, 5.41) is 10.2. The lowest BCUT2D eigenvalue weighted by atomic mass is 10.2. The van der Waals surface area contributed by atoms with E-state index in [0.29, 0.717) is 5.75 Å². The van der Waals surface area contributed by atoms with Gasteiger partial charge in [0.15, 0.2) is 0 Å². The lowest BCUT2D eigenvalue weighted by Gasteiger charge is -1.90. The highest BCUT2D eigenvalue weighted by atomic mass is 127. The average Bonchev–Trinajstić information content (AvgIpc) is 2.45. The van der Waals surface area contributed by atoms with E-state index in [-0.39, 0.29) is 0 Å². The van der Waals surface area contributed by atoms with Crippen LogP contribution in [0.15, 0.2) is 24.4 Å². The fraction of sp³-hybridized carbons (Fsp3) is 0. The van der Waals surface area contributed by atoms with E-state index < -0.39 is 7.82 Å². The maximum absolute atomic E-state index is 9.30. The van der Waals surface area contributed by atoms with Crippen LogP contribution in [-0.4, -0.2) is 24.8 Å². The second-order valence-corrected chi connectivity index (χ2v) is 5.15. The molecule has 0 aliphatic carbocycles. The third-order valence-corrected chi connectivity index (χ3v) is 2.29. The van der Waals surface area contributed by atoms with Crippen molar-refractivity contribution in [3.63, 3.8) is 0 Å². The first-order valence-corrected chi connectivity index (χ1v) is 6.65. The summed E-state index contributed by atoms with van der Waals surface area (Å²) in [5.41, 5.74) is 0.975. The lowest BCUT2D eigenvalue weighted by Crippen LogP contribution is -1.69. The maximum atomic E-state index is 9.30. The summed E-state index contributed by atoms with van der Waals surface area (Å²) in [5.74, 6) is 0.318. The zero-order valence-corrected chi connectivity index (χ0v) is 10.9. The summed E-state index contributed by atoms with van der Waals surface area (Å²) in [4.78, 5) is 24.5. The molecule has 1 aromatic carbocycles. The zero-order chi connectivity index (χ0) is 12.3. The molecule has 0 saturated heterocycles. The van der Waals surface area contributed by atoms with Gasteiger partial charge in [-0.1, -0.05) is 0 Å². The fourth-order valence-corrected chi connectivity index (χ4v) is 1.57. The van der Waals surface area contributed by atoms with Crippen molar-refractivity contribution in [2.75, 3.05) is 0 Å². The van der Waals surface area contributed by atoms with Gasteiger partial charge >= 0.3 is 7.82 Å². The predicted octanol–water partition coefficient (Wildman–Crippen LogP) is 1.55. The molecule has 0 bridgehead atoms. The quantitative estimate of drug-likeness (QED) is 0.363. The third kappa shape index (κ3) is 4.50. The molecule has 0 aliphatic heterocycles. The summed E-state index contributed by atoms with van der Waals surface area (Å²) < 4.78 is 10.0. The number of halogens is 1. The summed E-state index contributed by atoms with van der Waals surface area (Å²) in [7, 11) is -4.64. The van der Waals surface area contributed by atoms with Crippen LogP contribution in [0, 0.1) is 3.57 Å². The highest BCUT2D eigenvalue weighted by Gasteiger charge is 2.00. The molecule has 0 fully saturated rings. The maximum Gasteiger partial charge on any atom is 0.466 e. The number of aromatic amines is 1. The molecule has 2 rings (SSSR count). The second-order valence-electron chi connectivity index (χ2n) is 2.88. The van der Waals surface area contributed by atoms with E-state index in [2.05, 4.69) is 27.6 Å². The van der Waals surface area contributed by atoms with E-state index in [1.54, 1.807) is 6.20 Å². The van der Waals surface area contributed by atoms with Crippen LogP contribution in [0.3, 0.4) is 0 Å². The van der Waals surface area contributed by atoms with Gasteiger partial charge in [-0.15, -0.1) is 0 Å². The predicted molar refractivity (Wildman–Crippen MR) is 66.9 cm³/mol. The van der Waals surface area contributed by atoms with Crippen molar-refractivity contribution in [1.29, 1.82) is 0 Å². The summed E-state index contributed by atoms with van der Waals surface area (Å²) in [6.07, 6.45) is 1.60. The van der Waals surface area contributed by atoms with E-state index >= 15 is 0 Å². The highest BCUT2D eigenvalue weighted by molar-refractivity contribution is 14.1. The molecular weight excluding hydrogens is 348 g/mol. The van der Waals surface area contributed by atoms with Crippen LogP contribution in [0.2, 0.25) is 0 Å². The molecule has 0 spiro atoms. The lowest BCUT2D eigenvalue weighted by molar-refractivity contribution is 0.275. The van der Waals surface area contributed by atoms with Crippen molar-refractivity contribution in [2.45, 2.75) is 0 Å². The van der Waals surface area contributed by atoms with Crippen LogP contribution in [0.25, 0.3) is 10.9 Å². The molecule has 8 heteroatoms. The van der Waals surface area contributed by atoms with Crippen molar-refractivity contribution < 1.29 is 24.4 Å². The van der Waals surface area contributed by atoms with E-state index in [1.807, 2.05) is 18.2 Å². The minimum absolute atomic E-state index is 0.318. The van der Waals surface area contributed by atoms with E-state index in [4.69, 9.17) is 19.2 Å². The number of hydrogen-bond donors (Lipinski definition) is 5. The van der Waals surface area contributed by atoms with Crippen LogP contribution >= 0.6 is 30.4 Å². The highest BCUT2D eigenvalue weighted by Crippen LogP contribution is 2.26. The van der Waals surface area contributed by atoms with E-state index in [0.717, 1.165) is 14.5 Å². The van der Waals surface area contributed by atoms with Crippen molar-refractivity contribution in [2.24, 2.45) is 0 Å². The molecule has 0 amide bonds. The molecular formula is C8H9INO5P. The Hall–Kier alpha value is -0.600. The van der Waals surface area contributed by atoms with Crippen LogP contribution in [0.4, 0.5) is 0 Å². The first-order chi connectivity index (χ1) is 7.27. The van der Waals surface area contributed by atoms with E-state index in [9.17, 15) is 5.11 Å². The van der Waals surface area contributed by atoms with Crippen LogP contribution in [0.1, 0.15) is 0 Å². The van der Waals surface area contributed by atoms with Gasteiger partial charge in [0.1, 0.15) is 5.75 Å². The summed E-state index contributed by atoms with van der Waals surface area (Å²) in [6.45, 7) is 0. The largest absolute Gasteiger partial charge is 0.506 e. The number of H-pyrrole nitrogens is 1. The minimum Gasteiger partial charge on any atom is -0.506 e. The van der Waals surface area contributed by atoms with Gasteiger partial charge in [0, 0.05) is 20.7 Å². The molecule has 0 atom stereocenters. The standard InChI is InChI=1S/C8H6INO.H3O4P/c9-5-1-2-7-6(3-5)8(11)4-10-7;1-5(2,3)4/h1-4,10-11H;(H3,1,2,3,4). The molecule has 1 aromatic heterocycles. The van der Waals surface area contributed by atoms with Gasteiger partial charge in [0.2, 0.25) is 0 Å². The Kier molecular flexibility index (Phi) is 4.34. The number of rotatable bonds is 0. The SMILES string of the molecule is O=P(O)(O)O.Oc1c[nH]c2ccc(I)cc12. The van der Waals surface area contributed by atoms with Gasteiger partial charge in [0.25, 0.3) is 0 Å². The van der Waals surface area contributed by atoms with Gasteiger partial charge in [-0.25, -0.2) is 4.57 Å². The van der Waals surface area contributed by atoms with Crippen LogP contribution in [0.5, 0.6) is 5.75 Å². The fourth-order valence-electron chi connectivity index (χ4n) is 1.08. The molecule has 0 unspecified atom stereocenters. The molecule has 2 aromatic rings. The number of aromatic hydroxyl groups is 1. The first kappa shape index (κ1) is 13.5. The first-order valence-electron chi connectivity index (χ1n) is 4.01. The number of fused-ring (bicyclic) bond motifs is 1. The number of benzene rings is 1. The van der Waals surface area contributed by atoms with Crippen LogP contribution in [-0.2, 0) is 4.57 Å². The summed E-state index contributed by atoms with van der Waals surface area (Å²) >= 11 is 2.22. The summed E-state index contributed by atoms with van der Waals surface area (Å²) in [6, 6.07) is 5.90. The van der Waals surface area contributed by atoms with Crippen LogP contribution < -0.4 is 0 Å². The molecule has 0 aliphatic rings. The van der Waals surface area contributed by atoms with Crippen molar-refractivity contribution in [3.05, 3.63) is 28.0 Å². The number of phosphoric acid groups is 1. The Balaban J connectivity index is 0.000000221. The average molecular weight is 357 g/mol. The topological polar surface area (TPSA) is 114 Å². The minimum atomic E-state index is -4.64. The van der Waals surface area contributed by atoms with Gasteiger partial charge < -0.3 is 24.8 Å². The Labute approximate surface area is 104 Å². The van der Waals surface area contributed by atoms with Crippen molar-refractivity contribution >= 4 is 41.3 Å². The Bertz CT molecular complexity index is 526. The number of hydrogen-bond acceptors (Lipinski definition) is 2. The molecule has 0 saturated carbocycles. The molecule has 1 heterocycles. The Morgan fingerprint density at radius 2 is 1.81 bits per heavy atom. The number of nitrogens with one attached hydrogen (secondary N) is 1. The molecule has 5 N–H and O–H groups in total. The Morgan fingerprint density at radius 3 is 2.38 bits per heavy atom. The second kappa shape index (κ2) is 5.15. The van der Waals surface area contributed by atoms with Gasteiger partial charge in [-0.05, 0) is 40.8 Å². The third-order valence-electron chi connectivity index (χ3n) is 1.62. The Morgan fingerprint density at radius 1 is 1.25 bits per heavy atom. The van der Waals surface area contributed by atoms with Crippen molar-refractivity contribution in [1.82, 2.24) is 4.98 Å². The number of aromatic nitrogens is 1. The smallest absolute Gasteiger partial charge is 0.466 e. The molecule has 0 radical (unpaired) electrons. The normalized spacial score (nSPS) is 11.0. The van der Waals surface area contributed by atoms with E-state index in [1.165, 1.54) is 0 Å². The van der Waals surface area contributed by atoms with Gasteiger partial charge in [-0.3, -0.25) is 0 Å². The molecule has 6 nitrogen and oxygen atoms in total. The van der Waals surface area contributed by atoms with Crippen molar-refractivity contribution in [3.8, 4) is 5.75 Å². The van der Waals surface area contributed by atoms with Gasteiger partial charge in [0.05, 0.1) is 0 Å². The molecule has 88 valence electrons. The zero-order valence-electron chi connectivity index (χ0n) is 7.83.